The summed E-state index contributed by atoms with van der Waals surface area (Å²) in [5.74, 6) is 0.661. The molecule has 0 aromatic heterocycles. The van der Waals surface area contributed by atoms with Crippen LogP contribution in [0.4, 0.5) is 11.4 Å². The smallest absolute Gasteiger partial charge is 0.221 e. The zero-order chi connectivity index (χ0) is 21.3. The Bertz CT molecular complexity index is 1040. The van der Waals surface area contributed by atoms with E-state index in [1.54, 1.807) is 6.08 Å². The molecule has 0 aliphatic carbocycles. The lowest BCUT2D eigenvalue weighted by Gasteiger charge is -2.16. The molecule has 0 aliphatic rings. The van der Waals surface area contributed by atoms with Gasteiger partial charge in [-0.2, -0.15) is 0 Å². The number of carbonyl (C=O) groups is 1. The summed E-state index contributed by atoms with van der Waals surface area (Å²) in [7, 11) is 0. The number of anilines is 2. The summed E-state index contributed by atoms with van der Waals surface area (Å²) in [5.41, 5.74) is 5.22. The number of rotatable bonds is 9. The summed E-state index contributed by atoms with van der Waals surface area (Å²) in [4.78, 5) is 11.5. The van der Waals surface area contributed by atoms with Gasteiger partial charge in [0.15, 0.2) is 0 Å². The van der Waals surface area contributed by atoms with Gasteiger partial charge in [0, 0.05) is 47.6 Å². The molecule has 0 heterocycles. The van der Waals surface area contributed by atoms with E-state index in [4.69, 9.17) is 4.74 Å². The van der Waals surface area contributed by atoms with Crippen LogP contribution in [-0.2, 0) is 11.2 Å². The lowest BCUT2D eigenvalue weighted by atomic mass is 10.0. The third-order valence-electron chi connectivity index (χ3n) is 4.58. The number of hydrogen-bond acceptors (Lipinski definition) is 3. The van der Waals surface area contributed by atoms with Crippen molar-refractivity contribution >= 4 is 29.1 Å². The highest BCUT2D eigenvalue weighted by molar-refractivity contribution is 5.94. The summed E-state index contributed by atoms with van der Waals surface area (Å²) < 4.78 is 5.91. The summed E-state index contributed by atoms with van der Waals surface area (Å²) in [6.45, 7) is 10.1. The quantitative estimate of drug-likeness (QED) is 0.465. The van der Waals surface area contributed by atoms with Crippen LogP contribution in [0.25, 0.3) is 11.8 Å². The molecule has 0 unspecified atom stereocenters. The molecule has 4 nitrogen and oxygen atoms in total. The van der Waals surface area contributed by atoms with Crippen molar-refractivity contribution in [3.63, 3.8) is 0 Å². The maximum absolute atomic E-state index is 11.5. The molecule has 0 fully saturated rings. The normalized spacial score (nSPS) is 10.2. The van der Waals surface area contributed by atoms with Crippen LogP contribution in [0.15, 0.2) is 86.0 Å². The van der Waals surface area contributed by atoms with Crippen molar-refractivity contribution in [2.75, 3.05) is 17.2 Å². The number of ether oxygens (including phenoxy) is 1. The first-order valence-corrected chi connectivity index (χ1v) is 9.83. The fourth-order valence-electron chi connectivity index (χ4n) is 3.18. The topological polar surface area (TPSA) is 50.4 Å². The Morgan fingerprint density at radius 3 is 2.50 bits per heavy atom. The van der Waals surface area contributed by atoms with Crippen LogP contribution < -0.4 is 15.4 Å². The predicted octanol–water partition coefficient (Wildman–Crippen LogP) is 5.99. The van der Waals surface area contributed by atoms with Gasteiger partial charge in [-0.3, -0.25) is 4.79 Å². The minimum Gasteiger partial charge on any atom is -0.493 e. The zero-order valence-electron chi connectivity index (χ0n) is 17.2. The number of amides is 1. The number of nitrogens with one attached hydrogen (secondary N) is 2. The molecule has 1 amide bonds. The number of benzene rings is 3. The molecule has 0 bridgehead atoms. The summed E-state index contributed by atoms with van der Waals surface area (Å²) in [6.07, 6.45) is 2.57. The van der Waals surface area contributed by atoms with Gasteiger partial charge in [-0.1, -0.05) is 67.8 Å². The first kappa shape index (κ1) is 20.9. The van der Waals surface area contributed by atoms with E-state index in [1.165, 1.54) is 12.5 Å². The number of hydrogen-bond donors (Lipinski definition) is 2. The second kappa shape index (κ2) is 10.1. The number of carbonyl (C=O) groups excluding carboxylic acids is 1. The Morgan fingerprint density at radius 1 is 1.00 bits per heavy atom. The van der Waals surface area contributed by atoms with E-state index in [2.05, 4.69) is 35.9 Å². The van der Waals surface area contributed by atoms with Gasteiger partial charge < -0.3 is 15.4 Å². The van der Waals surface area contributed by atoms with Crippen molar-refractivity contribution < 1.29 is 9.53 Å². The summed E-state index contributed by atoms with van der Waals surface area (Å²) >= 11 is 0. The van der Waals surface area contributed by atoms with E-state index in [0.717, 1.165) is 29.0 Å². The predicted molar refractivity (Wildman–Crippen MR) is 126 cm³/mol. The van der Waals surface area contributed by atoms with Crippen LogP contribution >= 0.6 is 0 Å². The maximum Gasteiger partial charge on any atom is 0.221 e. The van der Waals surface area contributed by atoms with E-state index in [-0.39, 0.29) is 5.91 Å². The molecule has 0 spiro atoms. The van der Waals surface area contributed by atoms with Gasteiger partial charge in [0.25, 0.3) is 0 Å². The van der Waals surface area contributed by atoms with Crippen molar-refractivity contribution in [2.24, 2.45) is 0 Å². The van der Waals surface area contributed by atoms with Crippen LogP contribution in [0.2, 0.25) is 0 Å². The van der Waals surface area contributed by atoms with Gasteiger partial charge in [0.1, 0.15) is 5.75 Å². The Kier molecular flexibility index (Phi) is 7.06. The van der Waals surface area contributed by atoms with Crippen molar-refractivity contribution in [1.82, 2.24) is 0 Å². The molecular weight excluding hydrogens is 372 g/mol. The Balaban J connectivity index is 1.68. The van der Waals surface area contributed by atoms with E-state index in [0.29, 0.717) is 18.0 Å². The van der Waals surface area contributed by atoms with Crippen LogP contribution in [0.3, 0.4) is 0 Å². The molecule has 3 rings (SSSR count). The zero-order valence-corrected chi connectivity index (χ0v) is 17.2. The first-order valence-electron chi connectivity index (χ1n) is 9.83. The van der Waals surface area contributed by atoms with Crippen molar-refractivity contribution in [2.45, 2.75) is 13.3 Å². The Hall–Kier alpha value is -3.79. The lowest BCUT2D eigenvalue weighted by molar-refractivity contribution is -0.114. The van der Waals surface area contributed by atoms with Gasteiger partial charge in [0.2, 0.25) is 5.91 Å². The van der Waals surface area contributed by atoms with E-state index >= 15 is 0 Å². The minimum absolute atomic E-state index is 0.130. The standard InChI is InChI=1S/C26H26N2O2/c1-4-24-25(14-9-15-26(24)28-20(3)29)19(2)27-22-12-8-13-23(18-22)30-17-16-21-10-6-5-7-11-21/h4-15,18,27H,1-2,16-17H2,3H3,(H,28,29). The fraction of sp³-hybridized carbons (Fsp3) is 0.115. The highest BCUT2D eigenvalue weighted by atomic mass is 16.5. The molecule has 0 saturated carbocycles. The molecule has 2 N–H and O–H groups in total. The van der Waals surface area contributed by atoms with Crippen LogP contribution in [0.5, 0.6) is 5.75 Å². The molecule has 3 aromatic rings. The molecule has 152 valence electrons. The van der Waals surface area contributed by atoms with Gasteiger partial charge in [-0.05, 0) is 23.8 Å². The van der Waals surface area contributed by atoms with Crippen LogP contribution in [-0.4, -0.2) is 12.5 Å². The first-order chi connectivity index (χ1) is 14.6. The van der Waals surface area contributed by atoms with Gasteiger partial charge >= 0.3 is 0 Å². The molecule has 0 saturated heterocycles. The van der Waals surface area contributed by atoms with Crippen LogP contribution in [0, 0.1) is 0 Å². The van der Waals surface area contributed by atoms with Gasteiger partial charge in [0.05, 0.1) is 6.61 Å². The van der Waals surface area contributed by atoms with Gasteiger partial charge in [-0.25, -0.2) is 0 Å². The molecule has 30 heavy (non-hydrogen) atoms. The fourth-order valence-corrected chi connectivity index (χ4v) is 3.18. The largest absolute Gasteiger partial charge is 0.493 e. The van der Waals surface area contributed by atoms with Gasteiger partial charge in [-0.15, -0.1) is 0 Å². The molecule has 4 heteroatoms. The lowest BCUT2D eigenvalue weighted by Crippen LogP contribution is -2.09. The molecule has 0 atom stereocenters. The maximum atomic E-state index is 11.5. The summed E-state index contributed by atoms with van der Waals surface area (Å²) in [5, 5.41) is 6.16. The average Bonchev–Trinajstić information content (AvgIpc) is 2.74. The molecule has 3 aromatic carbocycles. The van der Waals surface area contributed by atoms with Crippen molar-refractivity contribution in [1.29, 1.82) is 0 Å². The van der Waals surface area contributed by atoms with Crippen molar-refractivity contribution in [3.05, 3.63) is 103 Å². The SMILES string of the molecule is C=Cc1c(NC(C)=O)cccc1C(=C)Nc1cccc(OCCc2ccccc2)c1. The van der Waals surface area contributed by atoms with E-state index in [9.17, 15) is 4.79 Å². The summed E-state index contributed by atoms with van der Waals surface area (Å²) in [6, 6.07) is 23.7. The second-order valence-corrected chi connectivity index (χ2v) is 6.87. The highest BCUT2D eigenvalue weighted by Crippen LogP contribution is 2.28. The minimum atomic E-state index is -0.130. The Morgan fingerprint density at radius 2 is 1.77 bits per heavy atom. The van der Waals surface area contributed by atoms with Crippen LogP contribution in [0.1, 0.15) is 23.6 Å². The molecule has 0 radical (unpaired) electrons. The molecule has 0 aliphatic heterocycles. The molecular formula is C26H26N2O2. The van der Waals surface area contributed by atoms with Crippen molar-refractivity contribution in [3.8, 4) is 5.75 Å². The highest BCUT2D eigenvalue weighted by Gasteiger charge is 2.10. The third kappa shape index (κ3) is 5.61. The van der Waals surface area contributed by atoms with E-state index in [1.807, 2.05) is 60.7 Å². The Labute approximate surface area is 177 Å². The van der Waals surface area contributed by atoms with E-state index < -0.39 is 0 Å². The third-order valence-corrected chi connectivity index (χ3v) is 4.58. The second-order valence-electron chi connectivity index (χ2n) is 6.87. The average molecular weight is 399 g/mol. The monoisotopic (exact) mass is 398 g/mol.